The van der Waals surface area contributed by atoms with Crippen molar-refractivity contribution in [2.45, 2.75) is 6.92 Å². The third-order valence-corrected chi connectivity index (χ3v) is 3.39. The van der Waals surface area contributed by atoms with Crippen molar-refractivity contribution in [1.82, 2.24) is 20.2 Å². The SMILES string of the molecule is Cc1[nH]n(-c2ccccc2)c(=O)c1/C=N\NC(=O)c1ccccn1. The van der Waals surface area contributed by atoms with Gasteiger partial charge in [-0.15, -0.1) is 0 Å². The van der Waals surface area contributed by atoms with Crippen LogP contribution in [0.5, 0.6) is 0 Å². The Morgan fingerprint density at radius 3 is 2.67 bits per heavy atom. The molecule has 0 spiro atoms. The molecule has 0 aliphatic rings. The summed E-state index contributed by atoms with van der Waals surface area (Å²) in [5, 5.41) is 6.84. The first-order valence-electron chi connectivity index (χ1n) is 7.28. The average Bonchev–Trinajstić information content (AvgIpc) is 2.91. The zero-order valence-electron chi connectivity index (χ0n) is 12.9. The summed E-state index contributed by atoms with van der Waals surface area (Å²) in [6, 6.07) is 14.2. The number of hydrogen-bond donors (Lipinski definition) is 2. The van der Waals surface area contributed by atoms with E-state index in [1.807, 2.05) is 30.3 Å². The lowest BCUT2D eigenvalue weighted by atomic mass is 10.3. The third-order valence-electron chi connectivity index (χ3n) is 3.39. The average molecular weight is 321 g/mol. The Morgan fingerprint density at radius 2 is 1.96 bits per heavy atom. The molecule has 24 heavy (non-hydrogen) atoms. The minimum absolute atomic E-state index is 0.241. The molecule has 0 saturated heterocycles. The maximum Gasteiger partial charge on any atom is 0.289 e. The summed E-state index contributed by atoms with van der Waals surface area (Å²) < 4.78 is 1.43. The molecule has 0 aliphatic carbocycles. The molecule has 0 bridgehead atoms. The van der Waals surface area contributed by atoms with Crippen molar-refractivity contribution in [3.05, 3.63) is 82.0 Å². The summed E-state index contributed by atoms with van der Waals surface area (Å²) >= 11 is 0. The zero-order valence-corrected chi connectivity index (χ0v) is 12.9. The molecule has 7 nitrogen and oxygen atoms in total. The van der Waals surface area contributed by atoms with E-state index in [0.717, 1.165) is 5.69 Å². The number of H-pyrrole nitrogens is 1. The lowest BCUT2D eigenvalue weighted by Gasteiger charge is -1.99. The Bertz CT molecular complexity index is 927. The molecule has 0 saturated carbocycles. The Balaban J connectivity index is 1.80. The van der Waals surface area contributed by atoms with Crippen molar-refractivity contribution in [2.24, 2.45) is 5.10 Å². The van der Waals surface area contributed by atoms with Crippen molar-refractivity contribution in [3.8, 4) is 5.69 Å². The molecule has 7 heteroatoms. The summed E-state index contributed by atoms with van der Waals surface area (Å²) in [7, 11) is 0. The van der Waals surface area contributed by atoms with Gasteiger partial charge in [0.25, 0.3) is 11.5 Å². The number of rotatable bonds is 4. The van der Waals surface area contributed by atoms with Crippen molar-refractivity contribution >= 4 is 12.1 Å². The lowest BCUT2D eigenvalue weighted by Crippen LogP contribution is -2.20. The van der Waals surface area contributed by atoms with Crippen molar-refractivity contribution < 1.29 is 4.79 Å². The van der Waals surface area contributed by atoms with Gasteiger partial charge in [0.2, 0.25) is 0 Å². The fourth-order valence-corrected chi connectivity index (χ4v) is 2.18. The number of aromatic amines is 1. The molecular formula is C17H15N5O2. The van der Waals surface area contributed by atoms with Gasteiger partial charge in [0.05, 0.1) is 17.5 Å². The van der Waals surface area contributed by atoms with Gasteiger partial charge in [0.15, 0.2) is 0 Å². The van der Waals surface area contributed by atoms with Crippen LogP contribution in [-0.2, 0) is 0 Å². The van der Waals surface area contributed by atoms with Crippen LogP contribution in [0, 0.1) is 6.92 Å². The highest BCUT2D eigenvalue weighted by molar-refractivity contribution is 5.93. The smallest absolute Gasteiger partial charge is 0.289 e. The molecule has 3 rings (SSSR count). The number of carbonyl (C=O) groups excluding carboxylic acids is 1. The van der Waals surface area contributed by atoms with E-state index in [2.05, 4.69) is 20.6 Å². The molecule has 1 amide bonds. The van der Waals surface area contributed by atoms with E-state index in [0.29, 0.717) is 11.3 Å². The zero-order chi connectivity index (χ0) is 16.9. The molecule has 0 radical (unpaired) electrons. The first-order chi connectivity index (χ1) is 11.7. The Hall–Kier alpha value is -3.48. The molecule has 1 aromatic carbocycles. The monoisotopic (exact) mass is 321 g/mol. The first-order valence-corrected chi connectivity index (χ1v) is 7.28. The number of benzene rings is 1. The molecule has 0 fully saturated rings. The van der Waals surface area contributed by atoms with Gasteiger partial charge >= 0.3 is 0 Å². The normalized spacial score (nSPS) is 10.9. The van der Waals surface area contributed by atoms with Crippen LogP contribution in [0.2, 0.25) is 0 Å². The van der Waals surface area contributed by atoms with Gasteiger partial charge in [-0.3, -0.25) is 19.7 Å². The second-order valence-electron chi connectivity index (χ2n) is 5.04. The minimum Gasteiger partial charge on any atom is -0.295 e. The van der Waals surface area contributed by atoms with E-state index in [1.165, 1.54) is 17.1 Å². The van der Waals surface area contributed by atoms with E-state index < -0.39 is 5.91 Å². The van der Waals surface area contributed by atoms with Crippen molar-refractivity contribution in [3.63, 3.8) is 0 Å². The van der Waals surface area contributed by atoms with E-state index in [4.69, 9.17) is 0 Å². The van der Waals surface area contributed by atoms with Gasteiger partial charge in [-0.1, -0.05) is 24.3 Å². The number of para-hydroxylation sites is 1. The van der Waals surface area contributed by atoms with Crippen molar-refractivity contribution in [1.29, 1.82) is 0 Å². The predicted octanol–water partition coefficient (Wildman–Crippen LogP) is 1.63. The van der Waals surface area contributed by atoms with E-state index in [-0.39, 0.29) is 11.3 Å². The van der Waals surface area contributed by atoms with Gasteiger partial charge in [-0.2, -0.15) is 5.10 Å². The van der Waals surface area contributed by atoms with E-state index >= 15 is 0 Å². The maximum atomic E-state index is 12.5. The standard InChI is InChI=1S/C17H15N5O2/c1-12-14(11-19-20-16(23)15-9-5-6-10-18-15)17(24)22(21-12)13-7-3-2-4-8-13/h2-11,21H,1H3,(H,20,23)/b19-11-. The quantitative estimate of drug-likeness (QED) is 0.565. The number of nitrogens with one attached hydrogen (secondary N) is 2. The van der Waals surface area contributed by atoms with Crippen LogP contribution < -0.4 is 11.0 Å². The lowest BCUT2D eigenvalue weighted by molar-refractivity contribution is 0.0950. The van der Waals surface area contributed by atoms with Crippen LogP contribution in [0.25, 0.3) is 5.69 Å². The predicted molar refractivity (Wildman–Crippen MR) is 90.4 cm³/mol. The number of hydrazone groups is 1. The fraction of sp³-hybridized carbons (Fsp3) is 0.0588. The van der Waals surface area contributed by atoms with Crippen LogP contribution in [0.15, 0.2) is 64.6 Å². The molecule has 2 aromatic heterocycles. The molecule has 2 heterocycles. The maximum absolute atomic E-state index is 12.5. The van der Waals surface area contributed by atoms with Crippen molar-refractivity contribution in [2.75, 3.05) is 0 Å². The van der Waals surface area contributed by atoms with Crippen LogP contribution in [0.3, 0.4) is 0 Å². The van der Waals surface area contributed by atoms with Gasteiger partial charge < -0.3 is 0 Å². The third kappa shape index (κ3) is 3.14. The highest BCUT2D eigenvalue weighted by Gasteiger charge is 2.10. The first kappa shape index (κ1) is 15.4. The molecule has 120 valence electrons. The number of aromatic nitrogens is 3. The Kier molecular flexibility index (Phi) is 4.33. The Labute approximate surface area is 137 Å². The fourth-order valence-electron chi connectivity index (χ4n) is 2.18. The molecule has 0 unspecified atom stereocenters. The molecule has 0 aliphatic heterocycles. The summed E-state index contributed by atoms with van der Waals surface area (Å²) in [6.45, 7) is 1.77. The number of nitrogens with zero attached hydrogens (tertiary/aromatic N) is 3. The molecule has 0 atom stereocenters. The number of hydrogen-bond acceptors (Lipinski definition) is 4. The van der Waals surface area contributed by atoms with Crippen LogP contribution >= 0.6 is 0 Å². The number of pyridine rings is 1. The molecular weight excluding hydrogens is 306 g/mol. The van der Waals surface area contributed by atoms with Gasteiger partial charge in [0.1, 0.15) is 5.69 Å². The summed E-state index contributed by atoms with van der Waals surface area (Å²) in [5.74, 6) is -0.441. The van der Waals surface area contributed by atoms with Crippen LogP contribution in [0.4, 0.5) is 0 Å². The highest BCUT2D eigenvalue weighted by Crippen LogP contribution is 2.05. The Morgan fingerprint density at radius 1 is 1.21 bits per heavy atom. The van der Waals surface area contributed by atoms with Crippen LogP contribution in [-0.4, -0.2) is 26.9 Å². The minimum atomic E-state index is -0.441. The summed E-state index contributed by atoms with van der Waals surface area (Å²) in [6.07, 6.45) is 2.85. The van der Waals surface area contributed by atoms with E-state index in [1.54, 1.807) is 25.1 Å². The summed E-state index contributed by atoms with van der Waals surface area (Å²) in [4.78, 5) is 28.2. The van der Waals surface area contributed by atoms with E-state index in [9.17, 15) is 9.59 Å². The van der Waals surface area contributed by atoms with Gasteiger partial charge in [-0.05, 0) is 31.2 Å². The number of carbonyl (C=O) groups is 1. The largest absolute Gasteiger partial charge is 0.295 e. The summed E-state index contributed by atoms with van der Waals surface area (Å²) in [5.41, 5.74) is 4.12. The van der Waals surface area contributed by atoms with Gasteiger partial charge in [-0.25, -0.2) is 10.1 Å². The topological polar surface area (TPSA) is 92.1 Å². The van der Waals surface area contributed by atoms with Gasteiger partial charge in [0, 0.05) is 11.9 Å². The van der Waals surface area contributed by atoms with Crippen LogP contribution in [0.1, 0.15) is 21.7 Å². The number of aryl methyl sites for hydroxylation is 1. The highest BCUT2D eigenvalue weighted by atomic mass is 16.2. The molecule has 3 aromatic rings. The second-order valence-corrected chi connectivity index (χ2v) is 5.04. The number of amides is 1. The molecule has 2 N–H and O–H groups in total. The second kappa shape index (κ2) is 6.74.